The van der Waals surface area contributed by atoms with E-state index in [1.807, 2.05) is 44.2 Å². The number of furan rings is 1. The van der Waals surface area contributed by atoms with E-state index in [1.165, 1.54) is 4.90 Å². The molecule has 1 aliphatic heterocycles. The number of halogens is 1. The molecule has 1 aromatic heterocycles. The predicted octanol–water partition coefficient (Wildman–Crippen LogP) is 5.15. The van der Waals surface area contributed by atoms with Crippen molar-refractivity contribution in [3.05, 3.63) is 51.5 Å². The zero-order valence-electron chi connectivity index (χ0n) is 12.6. The van der Waals surface area contributed by atoms with Crippen molar-refractivity contribution >= 4 is 44.9 Å². The van der Waals surface area contributed by atoms with Crippen molar-refractivity contribution in [3.63, 3.8) is 0 Å². The Balaban J connectivity index is 1.85. The Labute approximate surface area is 146 Å². The summed E-state index contributed by atoms with van der Waals surface area (Å²) >= 11 is 4.34. The van der Waals surface area contributed by atoms with E-state index in [9.17, 15) is 9.59 Å². The van der Waals surface area contributed by atoms with E-state index in [4.69, 9.17) is 4.42 Å². The summed E-state index contributed by atoms with van der Waals surface area (Å²) in [7, 11) is 0. The zero-order chi connectivity index (χ0) is 16.6. The molecule has 3 rings (SSSR count). The number of amides is 2. The molecule has 118 valence electrons. The third kappa shape index (κ3) is 3.28. The molecule has 4 nitrogen and oxygen atoms in total. The van der Waals surface area contributed by atoms with Crippen LogP contribution in [0.25, 0.3) is 17.4 Å². The minimum Gasteiger partial charge on any atom is -0.457 e. The zero-order valence-corrected chi connectivity index (χ0v) is 15.0. The van der Waals surface area contributed by atoms with E-state index >= 15 is 0 Å². The second-order valence-electron chi connectivity index (χ2n) is 5.35. The first-order valence-corrected chi connectivity index (χ1v) is 8.69. The topological polar surface area (TPSA) is 50.5 Å². The fraction of sp³-hybridized carbons (Fsp3) is 0.176. The summed E-state index contributed by atoms with van der Waals surface area (Å²) in [5, 5.41) is -0.240. The van der Waals surface area contributed by atoms with E-state index < -0.39 is 0 Å². The van der Waals surface area contributed by atoms with Gasteiger partial charge in [-0.05, 0) is 49.9 Å². The molecule has 6 heteroatoms. The molecular formula is C17H14BrNO3S. The van der Waals surface area contributed by atoms with Crippen LogP contribution in [-0.2, 0) is 4.79 Å². The van der Waals surface area contributed by atoms with Gasteiger partial charge in [-0.3, -0.25) is 14.5 Å². The van der Waals surface area contributed by atoms with Crippen LogP contribution in [0.2, 0.25) is 0 Å². The van der Waals surface area contributed by atoms with E-state index in [1.54, 1.807) is 12.1 Å². The van der Waals surface area contributed by atoms with Crippen LogP contribution >= 0.6 is 27.7 Å². The van der Waals surface area contributed by atoms with Gasteiger partial charge >= 0.3 is 0 Å². The molecule has 0 saturated carbocycles. The van der Waals surface area contributed by atoms with Gasteiger partial charge in [0.25, 0.3) is 11.1 Å². The number of carbonyl (C=O) groups is 2. The third-order valence-corrected chi connectivity index (χ3v) is 4.78. The van der Waals surface area contributed by atoms with E-state index in [-0.39, 0.29) is 17.2 Å². The Morgan fingerprint density at radius 1 is 1.13 bits per heavy atom. The molecule has 0 bridgehead atoms. The minimum absolute atomic E-state index is 0.150. The molecule has 2 amide bonds. The highest BCUT2D eigenvalue weighted by Gasteiger charge is 2.36. The predicted molar refractivity (Wildman–Crippen MR) is 94.8 cm³/mol. The van der Waals surface area contributed by atoms with Gasteiger partial charge in [0.1, 0.15) is 11.5 Å². The van der Waals surface area contributed by atoms with Crippen molar-refractivity contribution in [2.24, 2.45) is 0 Å². The van der Waals surface area contributed by atoms with Gasteiger partial charge in [-0.1, -0.05) is 28.1 Å². The first-order chi connectivity index (χ1) is 11.0. The number of carbonyl (C=O) groups excluding carboxylic acids is 2. The lowest BCUT2D eigenvalue weighted by Crippen LogP contribution is -2.34. The normalized spacial score (nSPS) is 16.9. The van der Waals surface area contributed by atoms with Gasteiger partial charge in [0.2, 0.25) is 0 Å². The maximum atomic E-state index is 12.2. The highest BCUT2D eigenvalue weighted by Crippen LogP contribution is 2.34. The fourth-order valence-corrected chi connectivity index (χ4v) is 3.46. The lowest BCUT2D eigenvalue weighted by Gasteiger charge is -2.16. The Hall–Kier alpha value is -1.79. The highest BCUT2D eigenvalue weighted by atomic mass is 79.9. The van der Waals surface area contributed by atoms with Gasteiger partial charge in [-0.15, -0.1) is 0 Å². The molecule has 0 aliphatic carbocycles. The Morgan fingerprint density at radius 2 is 1.83 bits per heavy atom. The van der Waals surface area contributed by atoms with Crippen LogP contribution in [-0.4, -0.2) is 22.1 Å². The summed E-state index contributed by atoms with van der Waals surface area (Å²) in [5.41, 5.74) is 0.947. The van der Waals surface area contributed by atoms with E-state index in [0.29, 0.717) is 16.4 Å². The van der Waals surface area contributed by atoms with E-state index in [0.717, 1.165) is 21.8 Å². The van der Waals surface area contributed by atoms with Crippen molar-refractivity contribution in [1.82, 2.24) is 4.90 Å². The maximum Gasteiger partial charge on any atom is 0.293 e. The summed E-state index contributed by atoms with van der Waals surface area (Å²) in [6, 6.07) is 11.3. The molecule has 1 aromatic carbocycles. The summed E-state index contributed by atoms with van der Waals surface area (Å²) in [6.07, 6.45) is 1.62. The number of hydrogen-bond donors (Lipinski definition) is 0. The second-order valence-corrected chi connectivity index (χ2v) is 7.26. The van der Waals surface area contributed by atoms with Crippen LogP contribution in [0, 0.1) is 0 Å². The second kappa shape index (κ2) is 6.37. The van der Waals surface area contributed by atoms with Gasteiger partial charge in [0, 0.05) is 22.2 Å². The molecule has 2 heterocycles. The number of benzene rings is 1. The molecule has 0 radical (unpaired) electrons. The van der Waals surface area contributed by atoms with Gasteiger partial charge in [0.15, 0.2) is 0 Å². The maximum absolute atomic E-state index is 12.2. The van der Waals surface area contributed by atoms with Gasteiger partial charge in [-0.25, -0.2) is 0 Å². The van der Waals surface area contributed by atoms with Crippen molar-refractivity contribution in [2.75, 3.05) is 0 Å². The van der Waals surface area contributed by atoms with Gasteiger partial charge in [0.05, 0.1) is 4.91 Å². The largest absolute Gasteiger partial charge is 0.457 e. The van der Waals surface area contributed by atoms with Gasteiger partial charge in [-0.2, -0.15) is 0 Å². The Bertz CT molecular complexity index is 792. The molecule has 1 fully saturated rings. The van der Waals surface area contributed by atoms with E-state index in [2.05, 4.69) is 15.9 Å². The summed E-state index contributed by atoms with van der Waals surface area (Å²) in [6.45, 7) is 3.63. The molecule has 0 N–H and O–H groups in total. The summed E-state index contributed by atoms with van der Waals surface area (Å²) in [5.74, 6) is 1.00. The quantitative estimate of drug-likeness (QED) is 0.678. The number of imide groups is 1. The van der Waals surface area contributed by atoms with Crippen LogP contribution in [0.15, 0.2) is 50.2 Å². The van der Waals surface area contributed by atoms with Gasteiger partial charge < -0.3 is 4.42 Å². The molecule has 0 spiro atoms. The van der Waals surface area contributed by atoms with Crippen molar-refractivity contribution < 1.29 is 14.0 Å². The first kappa shape index (κ1) is 16.1. The number of hydrogen-bond acceptors (Lipinski definition) is 4. The standard InChI is InChI=1S/C17H14BrNO3S/c1-10(2)19-16(20)15(23-17(19)21)9-13-7-8-14(22-13)11-3-5-12(18)6-4-11/h3-10H,1-2H3/b15-9-. The Morgan fingerprint density at radius 3 is 2.43 bits per heavy atom. The SMILES string of the molecule is CC(C)N1C(=O)S/C(=C\c2ccc(-c3ccc(Br)cc3)o2)C1=O. The van der Waals surface area contributed by atoms with Crippen LogP contribution in [0.1, 0.15) is 19.6 Å². The fourth-order valence-electron chi connectivity index (χ4n) is 2.25. The smallest absolute Gasteiger partial charge is 0.293 e. The highest BCUT2D eigenvalue weighted by molar-refractivity contribution is 9.10. The lowest BCUT2D eigenvalue weighted by atomic mass is 10.2. The lowest BCUT2D eigenvalue weighted by molar-refractivity contribution is -0.123. The molecule has 2 aromatic rings. The van der Waals surface area contributed by atoms with Crippen LogP contribution in [0.5, 0.6) is 0 Å². The van der Waals surface area contributed by atoms with Crippen LogP contribution in [0.3, 0.4) is 0 Å². The average Bonchev–Trinajstić information content (AvgIpc) is 3.05. The van der Waals surface area contributed by atoms with Crippen molar-refractivity contribution in [2.45, 2.75) is 19.9 Å². The molecule has 0 atom stereocenters. The molecular weight excluding hydrogens is 378 g/mol. The van der Waals surface area contributed by atoms with Crippen LogP contribution < -0.4 is 0 Å². The van der Waals surface area contributed by atoms with Crippen molar-refractivity contribution in [1.29, 1.82) is 0 Å². The molecule has 1 saturated heterocycles. The first-order valence-electron chi connectivity index (χ1n) is 7.08. The summed E-state index contributed by atoms with van der Waals surface area (Å²) < 4.78 is 6.76. The molecule has 0 unspecified atom stereocenters. The summed E-state index contributed by atoms with van der Waals surface area (Å²) in [4.78, 5) is 25.8. The monoisotopic (exact) mass is 391 g/mol. The number of nitrogens with zero attached hydrogens (tertiary/aromatic N) is 1. The third-order valence-electron chi connectivity index (χ3n) is 3.37. The minimum atomic E-state index is -0.267. The average molecular weight is 392 g/mol. The molecule has 1 aliphatic rings. The van der Waals surface area contributed by atoms with Crippen LogP contribution in [0.4, 0.5) is 4.79 Å². The number of thioether (sulfide) groups is 1. The number of rotatable bonds is 3. The van der Waals surface area contributed by atoms with Crippen molar-refractivity contribution in [3.8, 4) is 11.3 Å². The molecule has 23 heavy (non-hydrogen) atoms. The Kier molecular flexibility index (Phi) is 4.46.